The Bertz CT molecular complexity index is 1040. The van der Waals surface area contributed by atoms with Crippen LogP contribution in [-0.2, 0) is 0 Å². The summed E-state index contributed by atoms with van der Waals surface area (Å²) in [6, 6.07) is 3.81. The molecule has 0 aromatic carbocycles. The lowest BCUT2D eigenvalue weighted by Crippen LogP contribution is -2.53. The SMILES string of the molecule is CC(C)CCC[C@@H](C)[C@H]1CC[C@H]2[C@@H]3/C(=N\NC(=O)c4cccs4)C=C4C=CCC[C@]4(C)[C@H]3CC[C@]12C. The fourth-order valence-electron chi connectivity index (χ4n) is 8.77. The van der Waals surface area contributed by atoms with Gasteiger partial charge in [0.2, 0.25) is 0 Å². The van der Waals surface area contributed by atoms with Gasteiger partial charge in [-0.05, 0) is 102 Å². The van der Waals surface area contributed by atoms with Crippen molar-refractivity contribution in [3.8, 4) is 0 Å². The van der Waals surface area contributed by atoms with Crippen LogP contribution in [0.1, 0.15) is 102 Å². The molecule has 4 aliphatic rings. The zero-order valence-corrected chi connectivity index (χ0v) is 23.9. The molecule has 4 aliphatic carbocycles. The maximum Gasteiger partial charge on any atom is 0.281 e. The van der Waals surface area contributed by atoms with Gasteiger partial charge in [0.25, 0.3) is 5.91 Å². The first kappa shape index (κ1) is 25.9. The van der Waals surface area contributed by atoms with Crippen LogP contribution >= 0.6 is 11.3 Å². The van der Waals surface area contributed by atoms with E-state index in [0.29, 0.717) is 23.2 Å². The van der Waals surface area contributed by atoms with Gasteiger partial charge in [0.15, 0.2) is 0 Å². The van der Waals surface area contributed by atoms with Crippen molar-refractivity contribution in [2.45, 2.75) is 92.4 Å². The molecule has 1 aromatic heterocycles. The fourth-order valence-corrected chi connectivity index (χ4v) is 9.39. The largest absolute Gasteiger partial charge is 0.281 e. The van der Waals surface area contributed by atoms with E-state index < -0.39 is 0 Å². The molecule has 196 valence electrons. The number of rotatable bonds is 7. The standard InChI is InChI=1S/C32H46N2OS/c1-21(2)10-8-11-22(3)24-14-15-25-29-26(16-18-32(24,25)5)31(4)17-7-6-12-23(31)20-27(29)33-34-30(35)28-13-9-19-36-28/h6,9,12-13,19-22,24-26,29H,7-8,10-11,14-18H2,1-5H3,(H,34,35)/b33-27-/t22-,24-,25+,26+,29+,31+,32-/m1/s1. The van der Waals surface area contributed by atoms with Gasteiger partial charge >= 0.3 is 0 Å². The van der Waals surface area contributed by atoms with E-state index in [1.807, 2.05) is 17.5 Å². The Morgan fingerprint density at radius 1 is 1.14 bits per heavy atom. The second kappa shape index (κ2) is 10.2. The molecule has 7 atom stereocenters. The minimum atomic E-state index is -0.0818. The maximum absolute atomic E-state index is 12.8. The lowest BCUT2D eigenvalue weighted by Gasteiger charge is -2.57. The zero-order chi connectivity index (χ0) is 25.5. The van der Waals surface area contributed by atoms with Gasteiger partial charge in [0.05, 0.1) is 10.6 Å². The molecule has 3 nitrogen and oxygen atoms in total. The number of nitrogens with zero attached hydrogens (tertiary/aromatic N) is 1. The first-order valence-corrected chi connectivity index (χ1v) is 15.4. The molecule has 0 spiro atoms. The summed E-state index contributed by atoms with van der Waals surface area (Å²) in [5, 5.41) is 6.84. The Labute approximate surface area is 222 Å². The van der Waals surface area contributed by atoms with Gasteiger partial charge in [-0.3, -0.25) is 4.79 Å². The quantitative estimate of drug-likeness (QED) is 0.369. The first-order valence-electron chi connectivity index (χ1n) is 14.5. The highest BCUT2D eigenvalue weighted by molar-refractivity contribution is 7.12. The third-order valence-corrected chi connectivity index (χ3v) is 11.6. The average Bonchev–Trinajstić information content (AvgIpc) is 3.50. The van der Waals surface area contributed by atoms with E-state index in [0.717, 1.165) is 28.3 Å². The van der Waals surface area contributed by atoms with Crippen LogP contribution in [0.5, 0.6) is 0 Å². The monoisotopic (exact) mass is 506 g/mol. The lowest BCUT2D eigenvalue weighted by atomic mass is 9.47. The normalized spacial score (nSPS) is 37.3. The summed E-state index contributed by atoms with van der Waals surface area (Å²) < 4.78 is 0. The van der Waals surface area contributed by atoms with Gasteiger partial charge in [0.1, 0.15) is 0 Å². The molecule has 1 heterocycles. The average molecular weight is 507 g/mol. The summed E-state index contributed by atoms with van der Waals surface area (Å²) in [5.41, 5.74) is 6.13. The van der Waals surface area contributed by atoms with Crippen molar-refractivity contribution in [1.29, 1.82) is 0 Å². The van der Waals surface area contributed by atoms with Gasteiger partial charge in [-0.1, -0.05) is 72.1 Å². The number of fused-ring (bicyclic) bond motifs is 5. The summed E-state index contributed by atoms with van der Waals surface area (Å²) in [6.07, 6.45) is 18.8. The Balaban J connectivity index is 1.44. The van der Waals surface area contributed by atoms with Gasteiger partial charge in [-0.25, -0.2) is 5.43 Å². The van der Waals surface area contributed by atoms with E-state index >= 15 is 0 Å². The summed E-state index contributed by atoms with van der Waals surface area (Å²) in [4.78, 5) is 13.5. The predicted octanol–water partition coefficient (Wildman–Crippen LogP) is 8.65. The number of nitrogens with one attached hydrogen (secondary N) is 1. The molecule has 36 heavy (non-hydrogen) atoms. The molecule has 1 aromatic rings. The molecule has 0 radical (unpaired) electrons. The summed E-state index contributed by atoms with van der Waals surface area (Å²) in [5.74, 6) is 4.04. The van der Waals surface area contributed by atoms with E-state index in [4.69, 9.17) is 5.10 Å². The number of thiophene rings is 1. The van der Waals surface area contributed by atoms with E-state index in [1.165, 1.54) is 74.7 Å². The van der Waals surface area contributed by atoms with Crippen LogP contribution in [0.2, 0.25) is 0 Å². The number of amides is 1. The fraction of sp³-hybridized carbons (Fsp3) is 0.688. The minimum Gasteiger partial charge on any atom is -0.266 e. The Morgan fingerprint density at radius 3 is 2.72 bits per heavy atom. The number of allylic oxidation sites excluding steroid dienone is 4. The topological polar surface area (TPSA) is 41.5 Å². The lowest BCUT2D eigenvalue weighted by molar-refractivity contribution is -0.0167. The van der Waals surface area contributed by atoms with E-state index in [9.17, 15) is 4.79 Å². The number of carbonyl (C=O) groups is 1. The number of hydrogen-bond acceptors (Lipinski definition) is 3. The molecule has 2 fully saturated rings. The summed E-state index contributed by atoms with van der Waals surface area (Å²) >= 11 is 1.48. The molecule has 0 aliphatic heterocycles. The van der Waals surface area contributed by atoms with E-state index in [2.05, 4.69) is 58.3 Å². The maximum atomic E-state index is 12.8. The van der Waals surface area contributed by atoms with Crippen LogP contribution in [0.4, 0.5) is 0 Å². The zero-order valence-electron chi connectivity index (χ0n) is 23.1. The van der Waals surface area contributed by atoms with Crippen molar-refractivity contribution in [2.75, 3.05) is 0 Å². The molecular weight excluding hydrogens is 460 g/mol. The van der Waals surface area contributed by atoms with Crippen LogP contribution in [0.25, 0.3) is 0 Å². The second-order valence-electron chi connectivity index (χ2n) is 13.2. The molecule has 4 heteroatoms. The molecule has 1 amide bonds. The van der Waals surface area contributed by atoms with Crippen LogP contribution in [0, 0.1) is 46.3 Å². The molecule has 1 N–H and O–H groups in total. The smallest absolute Gasteiger partial charge is 0.266 e. The van der Waals surface area contributed by atoms with Crippen molar-refractivity contribution >= 4 is 23.0 Å². The van der Waals surface area contributed by atoms with Gasteiger partial charge < -0.3 is 0 Å². The number of carbonyl (C=O) groups excluding carboxylic acids is 1. The third-order valence-electron chi connectivity index (χ3n) is 10.8. The van der Waals surface area contributed by atoms with Crippen molar-refractivity contribution < 1.29 is 4.79 Å². The van der Waals surface area contributed by atoms with Crippen LogP contribution in [-0.4, -0.2) is 11.6 Å². The third kappa shape index (κ3) is 4.57. The second-order valence-corrected chi connectivity index (χ2v) is 14.1. The Kier molecular flexibility index (Phi) is 7.38. The minimum absolute atomic E-state index is 0.0818. The number of hydrazone groups is 1. The van der Waals surface area contributed by atoms with Crippen molar-refractivity contribution in [3.05, 3.63) is 46.2 Å². The summed E-state index contributed by atoms with van der Waals surface area (Å²) in [6.45, 7) is 12.4. The van der Waals surface area contributed by atoms with Gasteiger partial charge in [0, 0.05) is 5.92 Å². The molecule has 0 unspecified atom stereocenters. The molecule has 0 bridgehead atoms. The Hall–Kier alpha value is -1.68. The highest BCUT2D eigenvalue weighted by Crippen LogP contribution is 2.66. The Morgan fingerprint density at radius 2 is 1.97 bits per heavy atom. The molecule has 5 rings (SSSR count). The van der Waals surface area contributed by atoms with Gasteiger partial charge in [-0.2, -0.15) is 5.10 Å². The van der Waals surface area contributed by atoms with Crippen molar-refractivity contribution in [2.24, 2.45) is 51.4 Å². The van der Waals surface area contributed by atoms with Crippen molar-refractivity contribution in [3.63, 3.8) is 0 Å². The molecular formula is C32H46N2OS. The van der Waals surface area contributed by atoms with Gasteiger partial charge in [-0.15, -0.1) is 11.3 Å². The van der Waals surface area contributed by atoms with E-state index in [1.54, 1.807) is 0 Å². The molecule has 0 saturated heterocycles. The van der Waals surface area contributed by atoms with Crippen LogP contribution in [0.15, 0.2) is 46.4 Å². The summed E-state index contributed by atoms with van der Waals surface area (Å²) in [7, 11) is 0. The van der Waals surface area contributed by atoms with Crippen LogP contribution in [0.3, 0.4) is 0 Å². The first-order chi connectivity index (χ1) is 17.2. The predicted molar refractivity (Wildman–Crippen MR) is 152 cm³/mol. The number of hydrogen-bond donors (Lipinski definition) is 1. The highest BCUT2D eigenvalue weighted by atomic mass is 32.1. The van der Waals surface area contributed by atoms with Crippen LogP contribution < -0.4 is 5.43 Å². The highest BCUT2D eigenvalue weighted by Gasteiger charge is 2.60. The van der Waals surface area contributed by atoms with Crippen molar-refractivity contribution in [1.82, 2.24) is 5.43 Å². The molecule has 2 saturated carbocycles. The van der Waals surface area contributed by atoms with E-state index in [-0.39, 0.29) is 11.3 Å².